The van der Waals surface area contributed by atoms with Crippen molar-refractivity contribution < 1.29 is 18.7 Å². The van der Waals surface area contributed by atoms with Gasteiger partial charge in [-0.3, -0.25) is 4.79 Å². The lowest BCUT2D eigenvalue weighted by atomic mass is 10.0. The summed E-state index contributed by atoms with van der Waals surface area (Å²) in [5.74, 6) is 1.09. The van der Waals surface area contributed by atoms with E-state index in [0.717, 1.165) is 17.0 Å². The predicted molar refractivity (Wildman–Crippen MR) is 121 cm³/mol. The van der Waals surface area contributed by atoms with Crippen LogP contribution >= 0.6 is 11.3 Å². The number of aryl methyl sites for hydroxylation is 2. The minimum Gasteiger partial charge on any atom is -0.500 e. The molecule has 0 fully saturated rings. The van der Waals surface area contributed by atoms with E-state index in [0.29, 0.717) is 27.0 Å². The van der Waals surface area contributed by atoms with E-state index in [9.17, 15) is 9.18 Å². The fourth-order valence-electron chi connectivity index (χ4n) is 2.90. The van der Waals surface area contributed by atoms with E-state index in [-0.39, 0.29) is 11.8 Å². The Morgan fingerprint density at radius 3 is 2.43 bits per heavy atom. The summed E-state index contributed by atoms with van der Waals surface area (Å²) in [5, 5.41) is 3.90. The molecule has 0 saturated carbocycles. The summed E-state index contributed by atoms with van der Waals surface area (Å²) in [4.78, 5) is 17.9. The zero-order valence-corrected chi connectivity index (χ0v) is 18.5. The van der Waals surface area contributed by atoms with Crippen LogP contribution in [0.4, 0.5) is 15.2 Å². The van der Waals surface area contributed by atoms with Crippen LogP contribution in [-0.2, 0) is 0 Å². The van der Waals surface area contributed by atoms with E-state index >= 15 is 0 Å². The molecule has 0 aliphatic heterocycles. The summed E-state index contributed by atoms with van der Waals surface area (Å²) in [6, 6.07) is 12.4. The molecular formula is C22H24BFN2O3S. The number of ketones is 1. The number of carbonyl (C=O) groups excluding carboxylic acids is 1. The minimum atomic E-state index is -1.40. The molecule has 2 aromatic carbocycles. The fourth-order valence-corrected chi connectivity index (χ4v) is 3.85. The number of benzene rings is 2. The first-order valence-corrected chi connectivity index (χ1v) is 10.5. The van der Waals surface area contributed by atoms with Gasteiger partial charge in [0.1, 0.15) is 11.5 Å². The molecule has 2 atom stereocenters. The van der Waals surface area contributed by atoms with Gasteiger partial charge in [0.25, 0.3) is 0 Å². The van der Waals surface area contributed by atoms with Gasteiger partial charge < -0.3 is 14.8 Å². The standard InChI is InChI=1S/C22H24BFN2O3S/c1-12-11-17(7-10-19(12)28-14(3)23)26-22-25-13(2)21(30-22)20(27)16-5-8-18(9-6-16)29-15(4)24/h5-11,14-15H,23H2,1-4H3,(H,25,26). The second-order valence-corrected chi connectivity index (χ2v) is 8.22. The van der Waals surface area contributed by atoms with Gasteiger partial charge >= 0.3 is 0 Å². The van der Waals surface area contributed by atoms with E-state index in [4.69, 9.17) is 9.47 Å². The number of carbonyl (C=O) groups is 1. The third-order valence-electron chi connectivity index (χ3n) is 4.21. The number of anilines is 2. The molecule has 3 aromatic rings. The van der Waals surface area contributed by atoms with Gasteiger partial charge in [-0.15, -0.1) is 0 Å². The highest BCUT2D eigenvalue weighted by Crippen LogP contribution is 2.30. The van der Waals surface area contributed by atoms with Crippen LogP contribution in [0.5, 0.6) is 11.5 Å². The second-order valence-electron chi connectivity index (χ2n) is 7.22. The van der Waals surface area contributed by atoms with Crippen LogP contribution in [0.3, 0.4) is 0 Å². The highest BCUT2D eigenvalue weighted by molar-refractivity contribution is 7.17. The topological polar surface area (TPSA) is 60.5 Å². The maximum atomic E-state index is 12.9. The molecule has 3 rings (SSSR count). The van der Waals surface area contributed by atoms with Crippen molar-refractivity contribution in [2.45, 2.75) is 40.1 Å². The van der Waals surface area contributed by atoms with Crippen LogP contribution in [0.15, 0.2) is 42.5 Å². The Morgan fingerprint density at radius 1 is 1.13 bits per heavy atom. The van der Waals surface area contributed by atoms with Crippen molar-refractivity contribution in [3.05, 3.63) is 64.2 Å². The van der Waals surface area contributed by atoms with Crippen LogP contribution < -0.4 is 14.8 Å². The molecule has 0 bridgehead atoms. The summed E-state index contributed by atoms with van der Waals surface area (Å²) < 4.78 is 23.7. The first kappa shape index (κ1) is 21.8. The van der Waals surface area contributed by atoms with Crippen LogP contribution in [-0.4, -0.2) is 31.0 Å². The van der Waals surface area contributed by atoms with Gasteiger partial charge in [-0.25, -0.2) is 9.37 Å². The van der Waals surface area contributed by atoms with Crippen molar-refractivity contribution in [3.63, 3.8) is 0 Å². The van der Waals surface area contributed by atoms with Crippen molar-refractivity contribution in [3.8, 4) is 11.5 Å². The van der Waals surface area contributed by atoms with E-state index < -0.39 is 6.36 Å². The van der Waals surface area contributed by atoms with Gasteiger partial charge in [-0.1, -0.05) is 11.3 Å². The lowest BCUT2D eigenvalue weighted by Gasteiger charge is -2.13. The summed E-state index contributed by atoms with van der Waals surface area (Å²) in [6.45, 7) is 7.09. The maximum Gasteiger partial charge on any atom is 0.235 e. The zero-order chi connectivity index (χ0) is 21.8. The molecule has 0 radical (unpaired) electrons. The lowest BCUT2D eigenvalue weighted by molar-refractivity contribution is 0.0860. The van der Waals surface area contributed by atoms with Crippen LogP contribution in [0.25, 0.3) is 0 Å². The number of hydrogen-bond donors (Lipinski definition) is 1. The van der Waals surface area contributed by atoms with E-state index in [1.807, 2.05) is 46.8 Å². The lowest BCUT2D eigenvalue weighted by Crippen LogP contribution is -2.11. The van der Waals surface area contributed by atoms with Crippen molar-refractivity contribution in [1.29, 1.82) is 0 Å². The van der Waals surface area contributed by atoms with Gasteiger partial charge in [-0.05, 0) is 68.8 Å². The number of ether oxygens (including phenoxy) is 2. The number of thiazole rings is 1. The van der Waals surface area contributed by atoms with Gasteiger partial charge in [0.05, 0.1) is 16.6 Å². The molecule has 0 aliphatic carbocycles. The summed E-state index contributed by atoms with van der Waals surface area (Å²) in [7, 11) is 1.99. The van der Waals surface area contributed by atoms with Crippen molar-refractivity contribution in [1.82, 2.24) is 4.98 Å². The maximum absolute atomic E-state index is 12.9. The third-order valence-corrected chi connectivity index (χ3v) is 5.28. The number of aromatic nitrogens is 1. The molecular weight excluding hydrogens is 402 g/mol. The average Bonchev–Trinajstić information content (AvgIpc) is 3.03. The Balaban J connectivity index is 1.75. The molecule has 8 heteroatoms. The van der Waals surface area contributed by atoms with Crippen LogP contribution in [0.2, 0.25) is 0 Å². The Labute approximate surface area is 180 Å². The number of rotatable bonds is 8. The Kier molecular flexibility index (Phi) is 6.77. The van der Waals surface area contributed by atoms with Crippen molar-refractivity contribution in [2.75, 3.05) is 5.32 Å². The average molecular weight is 426 g/mol. The monoisotopic (exact) mass is 426 g/mol. The molecule has 30 heavy (non-hydrogen) atoms. The largest absolute Gasteiger partial charge is 0.500 e. The first-order valence-electron chi connectivity index (χ1n) is 9.70. The normalized spacial score (nSPS) is 12.8. The van der Waals surface area contributed by atoms with Crippen LogP contribution in [0, 0.1) is 13.8 Å². The zero-order valence-electron chi connectivity index (χ0n) is 17.7. The van der Waals surface area contributed by atoms with Crippen molar-refractivity contribution in [2.24, 2.45) is 0 Å². The summed E-state index contributed by atoms with van der Waals surface area (Å²) >= 11 is 1.30. The van der Waals surface area contributed by atoms with Crippen LogP contribution in [0.1, 0.15) is 40.3 Å². The molecule has 156 valence electrons. The smallest absolute Gasteiger partial charge is 0.235 e. The minimum absolute atomic E-state index is 0.110. The molecule has 0 amide bonds. The molecule has 0 aliphatic rings. The van der Waals surface area contributed by atoms with Gasteiger partial charge in [-0.2, -0.15) is 0 Å². The van der Waals surface area contributed by atoms with E-state index in [2.05, 4.69) is 10.3 Å². The molecule has 0 spiro atoms. The highest BCUT2D eigenvalue weighted by Gasteiger charge is 2.18. The SMILES string of the molecule is BC(C)Oc1ccc(Nc2nc(C)c(C(=O)c3ccc(OC(C)F)cc3)s2)cc1C. The number of halogens is 1. The Hall–Kier alpha value is -2.87. The molecule has 1 heterocycles. The number of nitrogens with one attached hydrogen (secondary N) is 1. The first-order chi connectivity index (χ1) is 14.2. The second kappa shape index (κ2) is 9.30. The van der Waals surface area contributed by atoms with E-state index in [1.165, 1.54) is 18.3 Å². The molecule has 1 aromatic heterocycles. The van der Waals surface area contributed by atoms with E-state index in [1.54, 1.807) is 24.3 Å². The molecule has 0 saturated heterocycles. The quantitative estimate of drug-likeness (QED) is 0.415. The summed E-state index contributed by atoms with van der Waals surface area (Å²) in [6.07, 6.45) is -1.40. The number of hydrogen-bond acceptors (Lipinski definition) is 6. The number of nitrogens with zero attached hydrogens (tertiary/aromatic N) is 1. The molecule has 2 unspecified atom stereocenters. The molecule has 5 nitrogen and oxygen atoms in total. The third kappa shape index (κ3) is 5.39. The van der Waals surface area contributed by atoms with Gasteiger partial charge in [0, 0.05) is 18.2 Å². The summed E-state index contributed by atoms with van der Waals surface area (Å²) in [5.41, 5.74) is 3.04. The van der Waals surface area contributed by atoms with Crippen molar-refractivity contribution >= 4 is 35.8 Å². The predicted octanol–water partition coefficient (Wildman–Crippen LogP) is 4.79. The van der Waals surface area contributed by atoms with Gasteiger partial charge in [0.2, 0.25) is 12.1 Å². The Bertz CT molecular complexity index is 1040. The highest BCUT2D eigenvalue weighted by atomic mass is 32.1. The molecule has 1 N–H and O–H groups in total. The fraction of sp³-hybridized carbons (Fsp3) is 0.273. The van der Waals surface area contributed by atoms with Gasteiger partial charge in [0.15, 0.2) is 13.0 Å². The number of alkyl halides is 1. The Morgan fingerprint density at radius 2 is 1.83 bits per heavy atom.